The number of nitrogens with zero attached hydrogens (tertiary/aromatic N) is 1. The van der Waals surface area contributed by atoms with Crippen LogP contribution >= 0.6 is 0 Å². The van der Waals surface area contributed by atoms with Crippen LogP contribution in [0.2, 0.25) is 0 Å². The highest BCUT2D eigenvalue weighted by Crippen LogP contribution is 2.09. The van der Waals surface area contributed by atoms with Crippen LogP contribution in [0.3, 0.4) is 0 Å². The molecule has 0 saturated carbocycles. The van der Waals surface area contributed by atoms with Gasteiger partial charge < -0.3 is 15.3 Å². The monoisotopic (exact) mass is 258 g/mol. The Morgan fingerprint density at radius 1 is 1.17 bits per heavy atom. The smallest absolute Gasteiger partial charge is 0.326 e. The van der Waals surface area contributed by atoms with Crippen molar-refractivity contribution < 1.29 is 14.7 Å². The molecule has 0 radical (unpaired) electrons. The van der Waals surface area contributed by atoms with Crippen molar-refractivity contribution in [1.82, 2.24) is 10.2 Å². The number of carboxylic acid groups (broad SMARTS) is 1. The van der Waals surface area contributed by atoms with Gasteiger partial charge in [-0.05, 0) is 18.8 Å². The van der Waals surface area contributed by atoms with Crippen molar-refractivity contribution in [2.45, 2.75) is 53.0 Å². The van der Waals surface area contributed by atoms with Crippen LogP contribution in [0.25, 0.3) is 0 Å². The number of urea groups is 1. The molecule has 0 bridgehead atoms. The first kappa shape index (κ1) is 16.7. The van der Waals surface area contributed by atoms with Gasteiger partial charge in [-0.2, -0.15) is 0 Å². The number of aliphatic carboxylic acids is 1. The number of carbonyl (C=O) groups is 2. The third-order valence-electron chi connectivity index (χ3n) is 3.03. The molecule has 106 valence electrons. The molecule has 2 N–H and O–H groups in total. The van der Waals surface area contributed by atoms with Gasteiger partial charge in [0.2, 0.25) is 0 Å². The zero-order valence-electron chi connectivity index (χ0n) is 11.9. The summed E-state index contributed by atoms with van der Waals surface area (Å²) in [6.07, 6.45) is 2.46. The van der Waals surface area contributed by atoms with Crippen molar-refractivity contribution in [2.24, 2.45) is 5.92 Å². The maximum absolute atomic E-state index is 12.0. The van der Waals surface area contributed by atoms with Gasteiger partial charge in [0.1, 0.15) is 6.04 Å². The average molecular weight is 258 g/mol. The van der Waals surface area contributed by atoms with Crippen LogP contribution in [0.15, 0.2) is 0 Å². The number of rotatable bonds is 8. The molecule has 2 amide bonds. The van der Waals surface area contributed by atoms with E-state index in [4.69, 9.17) is 5.11 Å². The Kier molecular flexibility index (Phi) is 8.16. The minimum Gasteiger partial charge on any atom is -0.480 e. The quantitative estimate of drug-likeness (QED) is 0.702. The molecule has 0 aliphatic carbocycles. The van der Waals surface area contributed by atoms with Crippen LogP contribution in [-0.4, -0.2) is 41.1 Å². The summed E-state index contributed by atoms with van der Waals surface area (Å²) in [5.41, 5.74) is 0. The van der Waals surface area contributed by atoms with Crippen LogP contribution in [0.5, 0.6) is 0 Å². The van der Waals surface area contributed by atoms with Crippen molar-refractivity contribution in [3.63, 3.8) is 0 Å². The van der Waals surface area contributed by atoms with Gasteiger partial charge in [-0.3, -0.25) is 0 Å². The molecule has 18 heavy (non-hydrogen) atoms. The van der Waals surface area contributed by atoms with E-state index in [1.54, 1.807) is 4.90 Å². The van der Waals surface area contributed by atoms with Gasteiger partial charge in [0.25, 0.3) is 0 Å². The summed E-state index contributed by atoms with van der Waals surface area (Å²) in [5.74, 6) is -1.04. The van der Waals surface area contributed by atoms with Crippen molar-refractivity contribution >= 4 is 12.0 Å². The lowest BCUT2D eigenvalue weighted by Gasteiger charge is -2.26. The Balaban J connectivity index is 4.59. The van der Waals surface area contributed by atoms with Crippen LogP contribution in [-0.2, 0) is 4.79 Å². The SMILES string of the molecule is CCCN(CCC)C(=O)N[C@H](C(=O)O)C(C)CC. The fourth-order valence-electron chi connectivity index (χ4n) is 1.76. The Bertz CT molecular complexity index is 263. The summed E-state index contributed by atoms with van der Waals surface area (Å²) in [6, 6.07) is -1.08. The molecule has 0 spiro atoms. The van der Waals surface area contributed by atoms with Crippen LogP contribution < -0.4 is 5.32 Å². The van der Waals surface area contributed by atoms with E-state index in [1.165, 1.54) is 0 Å². The van der Waals surface area contributed by atoms with E-state index in [0.29, 0.717) is 13.1 Å². The van der Waals surface area contributed by atoms with Crippen LogP contribution in [0, 0.1) is 5.92 Å². The predicted octanol–water partition coefficient (Wildman–Crippen LogP) is 2.32. The second kappa shape index (κ2) is 8.78. The van der Waals surface area contributed by atoms with E-state index in [9.17, 15) is 9.59 Å². The first-order chi connectivity index (χ1) is 8.47. The minimum atomic E-state index is -0.967. The highest BCUT2D eigenvalue weighted by Gasteiger charge is 2.26. The zero-order valence-corrected chi connectivity index (χ0v) is 11.9. The lowest BCUT2D eigenvalue weighted by Crippen LogP contribution is -2.50. The van der Waals surface area contributed by atoms with Crippen molar-refractivity contribution in [1.29, 1.82) is 0 Å². The number of carboxylic acids is 1. The standard InChI is InChI=1S/C13H26N2O3/c1-5-8-15(9-6-2)13(18)14-11(12(16)17)10(4)7-3/h10-11H,5-9H2,1-4H3,(H,14,18)(H,16,17)/t10?,11-/m0/s1. The molecule has 0 rings (SSSR count). The molecular formula is C13H26N2O3. The Hall–Kier alpha value is -1.26. The highest BCUT2D eigenvalue weighted by molar-refractivity contribution is 5.82. The molecule has 0 heterocycles. The van der Waals surface area contributed by atoms with E-state index in [2.05, 4.69) is 5.32 Å². The molecule has 0 aliphatic heterocycles. The summed E-state index contributed by atoms with van der Waals surface area (Å²) >= 11 is 0. The highest BCUT2D eigenvalue weighted by atomic mass is 16.4. The zero-order chi connectivity index (χ0) is 14.1. The lowest BCUT2D eigenvalue weighted by atomic mass is 9.99. The second-order valence-corrected chi connectivity index (χ2v) is 4.64. The summed E-state index contributed by atoms with van der Waals surface area (Å²) in [5, 5.41) is 11.8. The second-order valence-electron chi connectivity index (χ2n) is 4.64. The molecule has 0 aliphatic rings. The summed E-state index contributed by atoms with van der Waals surface area (Å²) < 4.78 is 0. The Morgan fingerprint density at radius 2 is 1.67 bits per heavy atom. The predicted molar refractivity (Wildman–Crippen MR) is 71.6 cm³/mol. The first-order valence-electron chi connectivity index (χ1n) is 6.76. The molecule has 2 atom stereocenters. The van der Waals surface area contributed by atoms with Crippen molar-refractivity contribution in [3.05, 3.63) is 0 Å². The average Bonchev–Trinajstić information content (AvgIpc) is 2.34. The molecule has 5 nitrogen and oxygen atoms in total. The number of hydrogen-bond acceptors (Lipinski definition) is 2. The Morgan fingerprint density at radius 3 is 2.00 bits per heavy atom. The molecule has 5 heteroatoms. The summed E-state index contributed by atoms with van der Waals surface area (Å²) in [7, 11) is 0. The summed E-state index contributed by atoms with van der Waals surface area (Å²) in [6.45, 7) is 9.07. The van der Waals surface area contributed by atoms with Crippen LogP contribution in [0.4, 0.5) is 4.79 Å². The topological polar surface area (TPSA) is 69.6 Å². The van der Waals surface area contributed by atoms with Crippen LogP contribution in [0.1, 0.15) is 47.0 Å². The fourth-order valence-corrected chi connectivity index (χ4v) is 1.76. The van der Waals surface area contributed by atoms with Gasteiger partial charge in [-0.25, -0.2) is 9.59 Å². The molecule has 0 saturated heterocycles. The van der Waals surface area contributed by atoms with Gasteiger partial charge in [0.05, 0.1) is 0 Å². The van der Waals surface area contributed by atoms with Gasteiger partial charge in [-0.15, -0.1) is 0 Å². The molecule has 0 aromatic heterocycles. The fraction of sp³-hybridized carbons (Fsp3) is 0.846. The van der Waals surface area contributed by atoms with E-state index < -0.39 is 12.0 Å². The molecule has 0 aromatic rings. The summed E-state index contributed by atoms with van der Waals surface area (Å²) in [4.78, 5) is 24.8. The normalized spacial score (nSPS) is 13.8. The van der Waals surface area contributed by atoms with E-state index >= 15 is 0 Å². The third-order valence-corrected chi connectivity index (χ3v) is 3.03. The van der Waals surface area contributed by atoms with Gasteiger partial charge in [0.15, 0.2) is 0 Å². The molecular weight excluding hydrogens is 232 g/mol. The van der Waals surface area contributed by atoms with E-state index in [0.717, 1.165) is 19.3 Å². The number of nitrogens with one attached hydrogen (secondary N) is 1. The van der Waals surface area contributed by atoms with Crippen molar-refractivity contribution in [3.8, 4) is 0 Å². The minimum absolute atomic E-state index is 0.0726. The lowest BCUT2D eigenvalue weighted by molar-refractivity contribution is -0.140. The molecule has 0 fully saturated rings. The third kappa shape index (κ3) is 5.38. The molecule has 0 aromatic carbocycles. The van der Waals surface area contributed by atoms with Gasteiger partial charge in [0, 0.05) is 13.1 Å². The maximum Gasteiger partial charge on any atom is 0.326 e. The Labute approximate surface area is 110 Å². The van der Waals surface area contributed by atoms with E-state index in [-0.39, 0.29) is 11.9 Å². The first-order valence-corrected chi connectivity index (χ1v) is 6.76. The maximum atomic E-state index is 12.0. The number of carbonyl (C=O) groups excluding carboxylic acids is 1. The molecule has 1 unspecified atom stereocenters. The van der Waals surface area contributed by atoms with E-state index in [1.807, 2.05) is 27.7 Å². The van der Waals surface area contributed by atoms with Gasteiger partial charge >= 0.3 is 12.0 Å². The van der Waals surface area contributed by atoms with Gasteiger partial charge in [-0.1, -0.05) is 34.1 Å². The number of amides is 2. The number of hydrogen-bond donors (Lipinski definition) is 2. The van der Waals surface area contributed by atoms with Crippen molar-refractivity contribution in [2.75, 3.05) is 13.1 Å². The largest absolute Gasteiger partial charge is 0.480 e.